The molecule has 56 heavy (non-hydrogen) atoms. The number of aryl methyl sites for hydroxylation is 6. The van der Waals surface area contributed by atoms with E-state index in [2.05, 4.69) is 143 Å². The molecule has 276 valence electrons. The Hall–Kier alpha value is -6.45. The Bertz CT molecular complexity index is 3000. The van der Waals surface area contributed by atoms with Gasteiger partial charge in [-0.25, -0.2) is 9.97 Å². The number of pyridine rings is 4. The summed E-state index contributed by atoms with van der Waals surface area (Å²) in [5.41, 5.74) is 22.0. The standard InChI is InChI=1S/C47H43N9/c1-24-11-32(12-25(2)51-24)44-27(4)39-9-7-30(17-41(39)55-44)34-14-36-20-48-21-37(46(36)49-22-34)16-38-15-33(13-26(3)52-38)45-28(5)40-10-8-31(18-42(40)56-45)35-19-43-47(50-23-35)54-29(6)53-43/h7-15,17-19,22-23,37,48,55-56H,16,20-21H2,1-6H3,(H,50,53,54). The highest BCUT2D eigenvalue weighted by Gasteiger charge is 2.24. The third kappa shape index (κ3) is 5.95. The van der Waals surface area contributed by atoms with Crippen LogP contribution in [0.4, 0.5) is 0 Å². The van der Waals surface area contributed by atoms with E-state index >= 15 is 0 Å². The smallest absolute Gasteiger partial charge is 0.177 e. The minimum Gasteiger partial charge on any atom is -0.354 e. The fraction of sp³-hybridized carbons (Fsp3) is 0.213. The lowest BCUT2D eigenvalue weighted by Crippen LogP contribution is -2.30. The quantitative estimate of drug-likeness (QED) is 0.135. The predicted octanol–water partition coefficient (Wildman–Crippen LogP) is 10.1. The van der Waals surface area contributed by atoms with E-state index in [1.54, 1.807) is 0 Å². The van der Waals surface area contributed by atoms with Gasteiger partial charge in [0.25, 0.3) is 0 Å². The summed E-state index contributed by atoms with van der Waals surface area (Å²) in [5, 5.41) is 6.12. The fourth-order valence-corrected chi connectivity index (χ4v) is 8.84. The van der Waals surface area contributed by atoms with E-state index in [1.807, 2.05) is 19.3 Å². The van der Waals surface area contributed by atoms with E-state index in [4.69, 9.17) is 9.97 Å². The van der Waals surface area contributed by atoms with Crippen LogP contribution in [0.15, 0.2) is 85.2 Å². The van der Waals surface area contributed by atoms with Crippen LogP contribution in [0, 0.1) is 41.5 Å². The average Bonchev–Trinajstić information content (AvgIpc) is 3.84. The molecule has 1 unspecified atom stereocenters. The van der Waals surface area contributed by atoms with Crippen molar-refractivity contribution in [1.29, 1.82) is 0 Å². The van der Waals surface area contributed by atoms with Crippen molar-refractivity contribution in [1.82, 2.24) is 45.2 Å². The van der Waals surface area contributed by atoms with Gasteiger partial charge in [-0.3, -0.25) is 15.0 Å². The molecule has 0 saturated carbocycles. The lowest BCUT2D eigenvalue weighted by atomic mass is 9.90. The Morgan fingerprint density at radius 2 is 1.14 bits per heavy atom. The van der Waals surface area contributed by atoms with Crippen molar-refractivity contribution in [2.45, 2.75) is 60.4 Å². The number of nitrogens with zero attached hydrogens (tertiary/aromatic N) is 5. The molecule has 1 aliphatic heterocycles. The highest BCUT2D eigenvalue weighted by molar-refractivity contribution is 5.95. The lowest BCUT2D eigenvalue weighted by molar-refractivity contribution is 0.521. The highest BCUT2D eigenvalue weighted by Crippen LogP contribution is 2.36. The maximum Gasteiger partial charge on any atom is 0.177 e. The second-order valence-corrected chi connectivity index (χ2v) is 15.6. The number of hydrogen-bond acceptors (Lipinski definition) is 6. The minimum atomic E-state index is 0.217. The Labute approximate surface area is 325 Å². The molecule has 0 spiro atoms. The molecule has 9 aromatic rings. The Kier molecular flexibility index (Phi) is 7.97. The molecule has 0 fully saturated rings. The molecule has 10 rings (SSSR count). The first-order valence-corrected chi connectivity index (χ1v) is 19.3. The van der Waals surface area contributed by atoms with E-state index in [0.717, 1.165) is 115 Å². The van der Waals surface area contributed by atoms with Gasteiger partial charge in [-0.15, -0.1) is 0 Å². The molecule has 8 heterocycles. The van der Waals surface area contributed by atoms with E-state index in [9.17, 15) is 0 Å². The molecule has 9 nitrogen and oxygen atoms in total. The monoisotopic (exact) mass is 733 g/mol. The van der Waals surface area contributed by atoms with Crippen LogP contribution in [0.3, 0.4) is 0 Å². The molecule has 0 radical (unpaired) electrons. The van der Waals surface area contributed by atoms with Gasteiger partial charge in [0, 0.05) is 115 Å². The lowest BCUT2D eigenvalue weighted by Gasteiger charge is -2.26. The summed E-state index contributed by atoms with van der Waals surface area (Å²) in [7, 11) is 0. The molecule has 1 aliphatic rings. The molecule has 1 atom stereocenters. The normalized spacial score (nSPS) is 14.3. The first kappa shape index (κ1) is 34.1. The second-order valence-electron chi connectivity index (χ2n) is 15.6. The average molecular weight is 734 g/mol. The minimum absolute atomic E-state index is 0.217. The van der Waals surface area contributed by atoms with Gasteiger partial charge in [0.05, 0.1) is 5.52 Å². The van der Waals surface area contributed by atoms with Crippen LogP contribution in [0.25, 0.3) is 77.7 Å². The summed E-state index contributed by atoms with van der Waals surface area (Å²) in [4.78, 5) is 34.6. The summed E-state index contributed by atoms with van der Waals surface area (Å²) in [6, 6.07) is 26.5. The number of aromatic amines is 3. The van der Waals surface area contributed by atoms with E-state index in [1.165, 1.54) is 33.0 Å². The molecule has 7 aromatic heterocycles. The van der Waals surface area contributed by atoms with Crippen LogP contribution < -0.4 is 5.32 Å². The summed E-state index contributed by atoms with van der Waals surface area (Å²) in [5.74, 6) is 1.08. The summed E-state index contributed by atoms with van der Waals surface area (Å²) >= 11 is 0. The SMILES string of the molecule is Cc1cc(-c2[nH]c3cc(-c4cnc5c(c4)CNCC5Cc4cc(-c5[nH]c6cc(-c7cnc8nc(C)[nH]c8c7)ccc6c5C)cc(C)n4)ccc3c2C)cc(C)n1. The maximum atomic E-state index is 5.14. The van der Waals surface area contributed by atoms with Gasteiger partial charge in [-0.05, 0) is 124 Å². The van der Waals surface area contributed by atoms with Crippen LogP contribution >= 0.6 is 0 Å². The number of hydrogen-bond donors (Lipinski definition) is 4. The van der Waals surface area contributed by atoms with Crippen molar-refractivity contribution in [2.75, 3.05) is 6.54 Å². The number of aromatic nitrogens is 8. The van der Waals surface area contributed by atoms with E-state index in [0.29, 0.717) is 0 Å². The molecular formula is C47H43N9. The van der Waals surface area contributed by atoms with Crippen molar-refractivity contribution in [2.24, 2.45) is 0 Å². The molecule has 9 heteroatoms. The van der Waals surface area contributed by atoms with Gasteiger partial charge in [-0.1, -0.05) is 24.3 Å². The zero-order valence-electron chi connectivity index (χ0n) is 32.5. The third-order valence-electron chi connectivity index (χ3n) is 11.5. The summed E-state index contributed by atoms with van der Waals surface area (Å²) in [6.07, 6.45) is 4.75. The zero-order chi connectivity index (χ0) is 38.2. The van der Waals surface area contributed by atoms with Gasteiger partial charge in [0.15, 0.2) is 5.65 Å². The van der Waals surface area contributed by atoms with Crippen molar-refractivity contribution in [3.8, 4) is 44.8 Å². The van der Waals surface area contributed by atoms with Gasteiger partial charge < -0.3 is 20.3 Å². The molecule has 0 aliphatic carbocycles. The van der Waals surface area contributed by atoms with Crippen LogP contribution in [0.5, 0.6) is 0 Å². The number of fused-ring (bicyclic) bond motifs is 4. The molecule has 0 bridgehead atoms. The molecule has 0 saturated heterocycles. The topological polar surface area (TPSA) is 124 Å². The van der Waals surface area contributed by atoms with Crippen LogP contribution in [-0.4, -0.2) is 46.4 Å². The number of H-pyrrole nitrogens is 3. The number of nitrogens with one attached hydrogen (secondary N) is 4. The van der Waals surface area contributed by atoms with Gasteiger partial charge >= 0.3 is 0 Å². The number of benzene rings is 2. The van der Waals surface area contributed by atoms with E-state index < -0.39 is 0 Å². The molecular weight excluding hydrogens is 691 g/mol. The highest BCUT2D eigenvalue weighted by atomic mass is 15.0. The largest absolute Gasteiger partial charge is 0.354 e. The van der Waals surface area contributed by atoms with Crippen LogP contribution in [0.1, 0.15) is 56.9 Å². The first-order chi connectivity index (χ1) is 27.1. The molecule has 0 amide bonds. The number of imidazole rings is 1. The van der Waals surface area contributed by atoms with Gasteiger partial charge in [0.2, 0.25) is 0 Å². The molecule has 2 aromatic carbocycles. The van der Waals surface area contributed by atoms with E-state index in [-0.39, 0.29) is 5.92 Å². The number of rotatable bonds is 6. The van der Waals surface area contributed by atoms with Crippen molar-refractivity contribution < 1.29 is 0 Å². The summed E-state index contributed by atoms with van der Waals surface area (Å²) < 4.78 is 0. The Morgan fingerprint density at radius 3 is 1.82 bits per heavy atom. The van der Waals surface area contributed by atoms with Crippen molar-refractivity contribution in [3.05, 3.63) is 136 Å². The van der Waals surface area contributed by atoms with Gasteiger partial charge in [-0.2, -0.15) is 0 Å². The molecule has 4 N–H and O–H groups in total. The fourth-order valence-electron chi connectivity index (χ4n) is 8.84. The maximum absolute atomic E-state index is 5.14. The Morgan fingerprint density at radius 1 is 0.554 bits per heavy atom. The van der Waals surface area contributed by atoms with Crippen LogP contribution in [-0.2, 0) is 13.0 Å². The predicted molar refractivity (Wildman–Crippen MR) is 226 cm³/mol. The Balaban J connectivity index is 0.923. The van der Waals surface area contributed by atoms with Crippen molar-refractivity contribution >= 4 is 33.0 Å². The second kappa shape index (κ2) is 13.1. The third-order valence-corrected chi connectivity index (χ3v) is 11.5. The van der Waals surface area contributed by atoms with Crippen molar-refractivity contribution in [3.63, 3.8) is 0 Å². The van der Waals surface area contributed by atoms with Gasteiger partial charge in [0.1, 0.15) is 5.82 Å². The zero-order valence-corrected chi connectivity index (χ0v) is 32.5. The van der Waals surface area contributed by atoms with Crippen LogP contribution in [0.2, 0.25) is 0 Å². The first-order valence-electron chi connectivity index (χ1n) is 19.3. The summed E-state index contributed by atoms with van der Waals surface area (Å²) in [6.45, 7) is 14.2.